The van der Waals surface area contributed by atoms with E-state index in [2.05, 4.69) is 20.3 Å². The lowest BCUT2D eigenvalue weighted by atomic mass is 10.2. The maximum absolute atomic E-state index is 5.36. The minimum atomic E-state index is 0.222. The van der Waals surface area contributed by atoms with Crippen LogP contribution >= 0.6 is 0 Å². The monoisotopic (exact) mass is 322 g/mol. The van der Waals surface area contributed by atoms with Gasteiger partial charge in [0, 0.05) is 11.6 Å². The van der Waals surface area contributed by atoms with Gasteiger partial charge in [-0.2, -0.15) is 10.1 Å². The molecule has 0 saturated heterocycles. The molecule has 1 aromatic carbocycles. The van der Waals surface area contributed by atoms with Crippen molar-refractivity contribution in [3.8, 4) is 45.9 Å². The first-order valence-corrected chi connectivity index (χ1v) is 7.20. The van der Waals surface area contributed by atoms with Gasteiger partial charge < -0.3 is 18.4 Å². The summed E-state index contributed by atoms with van der Waals surface area (Å²) in [7, 11) is 0. The molecule has 4 heterocycles. The van der Waals surface area contributed by atoms with Crippen LogP contribution in [0.5, 0.6) is 11.5 Å². The summed E-state index contributed by atoms with van der Waals surface area (Å²) in [4.78, 5) is 4.39. The predicted octanol–water partition coefficient (Wildman–Crippen LogP) is 3.12. The van der Waals surface area contributed by atoms with E-state index in [0.717, 1.165) is 5.56 Å². The van der Waals surface area contributed by atoms with E-state index >= 15 is 0 Å². The summed E-state index contributed by atoms with van der Waals surface area (Å²) >= 11 is 0. The molecule has 0 unspecified atom stereocenters. The van der Waals surface area contributed by atoms with E-state index in [1.165, 1.54) is 0 Å². The number of benzene rings is 1. The van der Waals surface area contributed by atoms with Crippen LogP contribution in [0.25, 0.3) is 34.4 Å². The van der Waals surface area contributed by atoms with Gasteiger partial charge in [0.2, 0.25) is 12.6 Å². The molecule has 4 aromatic rings. The fraction of sp³-hybridized carbons (Fsp3) is 0.0625. The van der Waals surface area contributed by atoms with Gasteiger partial charge in [-0.25, -0.2) is 0 Å². The topological polar surface area (TPSA) is 99.2 Å². The van der Waals surface area contributed by atoms with Gasteiger partial charge in [0.25, 0.3) is 5.89 Å². The largest absolute Gasteiger partial charge is 0.463 e. The molecule has 118 valence electrons. The molecule has 0 fully saturated rings. The third-order valence-electron chi connectivity index (χ3n) is 3.64. The molecule has 0 aliphatic carbocycles. The van der Waals surface area contributed by atoms with Gasteiger partial charge in [-0.1, -0.05) is 5.16 Å². The second-order valence-electron chi connectivity index (χ2n) is 5.14. The first kappa shape index (κ1) is 12.9. The van der Waals surface area contributed by atoms with Crippen LogP contribution in [0, 0.1) is 0 Å². The highest BCUT2D eigenvalue weighted by Gasteiger charge is 2.18. The Hall–Kier alpha value is -3.55. The molecule has 5 rings (SSSR count). The number of rotatable bonds is 3. The number of hydrogen-bond donors (Lipinski definition) is 1. The summed E-state index contributed by atoms with van der Waals surface area (Å²) in [5.74, 6) is 2.83. The minimum absolute atomic E-state index is 0.222. The SMILES string of the molecule is c1coc(-c2cc(-c3nc(-c4ccc5c(c4)OCO5)no3)[nH]n2)c1. The highest BCUT2D eigenvalue weighted by Crippen LogP contribution is 2.35. The smallest absolute Gasteiger partial charge is 0.276 e. The average molecular weight is 322 g/mol. The van der Waals surface area contributed by atoms with E-state index in [0.29, 0.717) is 40.4 Å². The van der Waals surface area contributed by atoms with E-state index in [-0.39, 0.29) is 6.79 Å². The van der Waals surface area contributed by atoms with Crippen molar-refractivity contribution in [3.63, 3.8) is 0 Å². The van der Waals surface area contributed by atoms with Crippen molar-refractivity contribution in [3.05, 3.63) is 42.7 Å². The van der Waals surface area contributed by atoms with Crippen LogP contribution < -0.4 is 9.47 Å². The first-order chi connectivity index (χ1) is 11.9. The van der Waals surface area contributed by atoms with Crippen LogP contribution in [-0.4, -0.2) is 27.1 Å². The predicted molar refractivity (Wildman–Crippen MR) is 81.1 cm³/mol. The van der Waals surface area contributed by atoms with E-state index in [4.69, 9.17) is 18.4 Å². The molecule has 0 amide bonds. The Morgan fingerprint density at radius 2 is 2.00 bits per heavy atom. The molecule has 24 heavy (non-hydrogen) atoms. The van der Waals surface area contributed by atoms with Crippen LogP contribution in [0.1, 0.15) is 0 Å². The zero-order valence-electron chi connectivity index (χ0n) is 12.2. The van der Waals surface area contributed by atoms with Gasteiger partial charge in [0.15, 0.2) is 17.3 Å². The summed E-state index contributed by atoms with van der Waals surface area (Å²) in [6.07, 6.45) is 1.59. The van der Waals surface area contributed by atoms with Crippen LogP contribution in [0.4, 0.5) is 0 Å². The number of aromatic amines is 1. The number of nitrogens with zero attached hydrogens (tertiary/aromatic N) is 3. The quantitative estimate of drug-likeness (QED) is 0.618. The number of H-pyrrole nitrogens is 1. The van der Waals surface area contributed by atoms with Crippen LogP contribution in [0.3, 0.4) is 0 Å². The summed E-state index contributed by atoms with van der Waals surface area (Å²) < 4.78 is 21.3. The molecule has 8 heteroatoms. The summed E-state index contributed by atoms with van der Waals surface area (Å²) in [6, 6.07) is 10.9. The molecule has 0 saturated carbocycles. The molecule has 0 atom stereocenters. The third-order valence-corrected chi connectivity index (χ3v) is 3.64. The highest BCUT2D eigenvalue weighted by molar-refractivity contribution is 5.64. The highest BCUT2D eigenvalue weighted by atomic mass is 16.7. The zero-order chi connectivity index (χ0) is 15.9. The molecular weight excluding hydrogens is 312 g/mol. The Bertz CT molecular complexity index is 1000. The lowest BCUT2D eigenvalue weighted by Gasteiger charge is -1.97. The molecule has 0 radical (unpaired) electrons. The molecule has 3 aromatic heterocycles. The second-order valence-corrected chi connectivity index (χ2v) is 5.14. The summed E-state index contributed by atoms with van der Waals surface area (Å²) in [5.41, 5.74) is 2.05. The van der Waals surface area contributed by atoms with E-state index in [1.54, 1.807) is 18.4 Å². The molecule has 8 nitrogen and oxygen atoms in total. The van der Waals surface area contributed by atoms with Crippen molar-refractivity contribution in [1.82, 2.24) is 20.3 Å². The Morgan fingerprint density at radius 1 is 1.04 bits per heavy atom. The standard InChI is InChI=1S/C16H10N4O4/c1-2-12(21-5-1)10-7-11(19-18-10)16-17-15(20-24-16)9-3-4-13-14(6-9)23-8-22-13/h1-7H,8H2,(H,18,19). The molecule has 1 aliphatic heterocycles. The van der Waals surface area contributed by atoms with Crippen molar-refractivity contribution >= 4 is 0 Å². The second kappa shape index (κ2) is 4.98. The van der Waals surface area contributed by atoms with Crippen molar-refractivity contribution in [2.24, 2.45) is 0 Å². The third kappa shape index (κ3) is 2.04. The van der Waals surface area contributed by atoms with E-state index < -0.39 is 0 Å². The Labute approximate surface area is 135 Å². The molecule has 1 aliphatic rings. The fourth-order valence-corrected chi connectivity index (χ4v) is 2.47. The molecule has 1 N–H and O–H groups in total. The number of furan rings is 1. The Morgan fingerprint density at radius 3 is 2.92 bits per heavy atom. The van der Waals surface area contributed by atoms with Gasteiger partial charge in [-0.3, -0.25) is 5.10 Å². The van der Waals surface area contributed by atoms with Crippen LogP contribution in [-0.2, 0) is 0 Å². The van der Waals surface area contributed by atoms with Crippen molar-refractivity contribution in [2.45, 2.75) is 0 Å². The Kier molecular flexibility index (Phi) is 2.69. The molecule has 0 spiro atoms. The van der Waals surface area contributed by atoms with Gasteiger partial charge in [0.1, 0.15) is 11.4 Å². The maximum Gasteiger partial charge on any atom is 0.276 e. The van der Waals surface area contributed by atoms with Crippen molar-refractivity contribution < 1.29 is 18.4 Å². The zero-order valence-corrected chi connectivity index (χ0v) is 12.2. The lowest BCUT2D eigenvalue weighted by molar-refractivity contribution is 0.174. The van der Waals surface area contributed by atoms with Gasteiger partial charge >= 0.3 is 0 Å². The fourth-order valence-electron chi connectivity index (χ4n) is 2.47. The van der Waals surface area contributed by atoms with Gasteiger partial charge in [-0.15, -0.1) is 0 Å². The summed E-state index contributed by atoms with van der Waals surface area (Å²) in [6.45, 7) is 0.222. The van der Waals surface area contributed by atoms with Gasteiger partial charge in [-0.05, 0) is 30.3 Å². The molecule has 0 bridgehead atoms. The van der Waals surface area contributed by atoms with Gasteiger partial charge in [0.05, 0.1) is 6.26 Å². The maximum atomic E-state index is 5.36. The minimum Gasteiger partial charge on any atom is -0.463 e. The number of nitrogens with one attached hydrogen (secondary N) is 1. The summed E-state index contributed by atoms with van der Waals surface area (Å²) in [5, 5.41) is 11.1. The lowest BCUT2D eigenvalue weighted by Crippen LogP contribution is -1.92. The normalized spacial score (nSPS) is 12.7. The van der Waals surface area contributed by atoms with Crippen LogP contribution in [0.2, 0.25) is 0 Å². The number of ether oxygens (including phenoxy) is 2. The number of fused-ring (bicyclic) bond motifs is 1. The number of hydrogen-bond acceptors (Lipinski definition) is 7. The van der Waals surface area contributed by atoms with Crippen LogP contribution in [0.15, 0.2) is 51.6 Å². The van der Waals surface area contributed by atoms with Crippen molar-refractivity contribution in [2.75, 3.05) is 6.79 Å². The first-order valence-electron chi connectivity index (χ1n) is 7.20. The van der Waals surface area contributed by atoms with E-state index in [1.807, 2.05) is 24.3 Å². The molecular formula is C16H10N4O4. The van der Waals surface area contributed by atoms with E-state index in [9.17, 15) is 0 Å². The Balaban J connectivity index is 1.47. The number of aromatic nitrogens is 4. The average Bonchev–Trinajstić information content (AvgIpc) is 3.41. The van der Waals surface area contributed by atoms with Crippen molar-refractivity contribution in [1.29, 1.82) is 0 Å².